The second kappa shape index (κ2) is 7.32. The van der Waals surface area contributed by atoms with E-state index in [1.807, 2.05) is 47.9 Å². The third-order valence-electron chi connectivity index (χ3n) is 4.53. The molecule has 0 fully saturated rings. The first-order chi connectivity index (χ1) is 13.6. The average molecular weight is 393 g/mol. The highest BCUT2D eigenvalue weighted by Crippen LogP contribution is 2.33. The molecule has 0 unspecified atom stereocenters. The van der Waals surface area contributed by atoms with Crippen molar-refractivity contribution in [3.8, 4) is 11.3 Å². The quantitative estimate of drug-likeness (QED) is 0.501. The Balaban J connectivity index is 1.84. The molecule has 0 aliphatic carbocycles. The number of carbonyl (C=O) groups excluding carboxylic acids is 1. The molecule has 6 nitrogen and oxygen atoms in total. The number of imidazole rings is 1. The molecule has 140 valence electrons. The van der Waals surface area contributed by atoms with Crippen molar-refractivity contribution in [2.75, 3.05) is 12.4 Å². The van der Waals surface area contributed by atoms with Crippen LogP contribution < -0.4 is 5.32 Å². The summed E-state index contributed by atoms with van der Waals surface area (Å²) >= 11 is 6.27. The molecule has 0 saturated heterocycles. The zero-order chi connectivity index (χ0) is 19.7. The van der Waals surface area contributed by atoms with Gasteiger partial charge < -0.3 is 10.1 Å². The van der Waals surface area contributed by atoms with Gasteiger partial charge >= 0.3 is 5.97 Å². The van der Waals surface area contributed by atoms with E-state index >= 15 is 0 Å². The maximum atomic E-state index is 11.7. The van der Waals surface area contributed by atoms with E-state index in [1.54, 1.807) is 24.5 Å². The largest absolute Gasteiger partial charge is 0.465 e. The number of fused-ring (bicyclic) bond motifs is 1. The second-order valence-electron chi connectivity index (χ2n) is 6.22. The van der Waals surface area contributed by atoms with Crippen LogP contribution in [-0.4, -0.2) is 27.4 Å². The minimum Gasteiger partial charge on any atom is -0.465 e. The number of carbonyl (C=O) groups is 1. The molecule has 4 rings (SSSR count). The summed E-state index contributed by atoms with van der Waals surface area (Å²) in [4.78, 5) is 20.6. The first-order valence-electron chi connectivity index (χ1n) is 8.61. The van der Waals surface area contributed by atoms with Crippen molar-refractivity contribution in [2.24, 2.45) is 0 Å². The molecule has 0 saturated carbocycles. The summed E-state index contributed by atoms with van der Waals surface area (Å²) in [5, 5.41) is 4.13. The number of esters is 1. The topological polar surface area (TPSA) is 68.5 Å². The zero-order valence-electron chi connectivity index (χ0n) is 15.3. The van der Waals surface area contributed by atoms with Gasteiger partial charge in [0.1, 0.15) is 11.5 Å². The number of halogens is 1. The van der Waals surface area contributed by atoms with Crippen LogP contribution in [0.15, 0.2) is 61.1 Å². The Morgan fingerprint density at radius 1 is 1.18 bits per heavy atom. The summed E-state index contributed by atoms with van der Waals surface area (Å²) in [6.07, 6.45) is 5.24. The van der Waals surface area contributed by atoms with Crippen LogP contribution in [0.4, 0.5) is 11.5 Å². The summed E-state index contributed by atoms with van der Waals surface area (Å²) in [5.41, 5.74) is 4.62. The first kappa shape index (κ1) is 18.0. The van der Waals surface area contributed by atoms with E-state index < -0.39 is 0 Å². The maximum absolute atomic E-state index is 11.7. The number of ether oxygens (including phenoxy) is 1. The van der Waals surface area contributed by atoms with Gasteiger partial charge in [-0.05, 0) is 36.8 Å². The summed E-state index contributed by atoms with van der Waals surface area (Å²) in [7, 11) is 1.36. The summed E-state index contributed by atoms with van der Waals surface area (Å²) < 4.78 is 6.69. The fourth-order valence-electron chi connectivity index (χ4n) is 2.98. The van der Waals surface area contributed by atoms with Gasteiger partial charge in [0.05, 0.1) is 18.9 Å². The number of nitrogens with one attached hydrogen (secondary N) is 1. The fourth-order valence-corrected chi connectivity index (χ4v) is 3.15. The molecule has 0 aliphatic heterocycles. The van der Waals surface area contributed by atoms with E-state index in [4.69, 9.17) is 21.3 Å². The number of nitrogens with zero attached hydrogens (tertiary/aromatic N) is 3. The Hall–Kier alpha value is -3.38. The van der Waals surface area contributed by atoms with Crippen LogP contribution in [0, 0.1) is 6.92 Å². The van der Waals surface area contributed by atoms with Gasteiger partial charge in [-0.25, -0.2) is 9.78 Å². The molecule has 2 aromatic heterocycles. The molecule has 0 spiro atoms. The van der Waals surface area contributed by atoms with Crippen LogP contribution in [0.3, 0.4) is 0 Å². The Kier molecular flexibility index (Phi) is 4.71. The third-order valence-corrected chi connectivity index (χ3v) is 4.94. The molecule has 1 N–H and O–H groups in total. The van der Waals surface area contributed by atoms with E-state index in [0.29, 0.717) is 16.2 Å². The number of aromatic nitrogens is 3. The average Bonchev–Trinajstić information content (AvgIpc) is 3.09. The second-order valence-corrected chi connectivity index (χ2v) is 6.63. The van der Waals surface area contributed by atoms with Crippen molar-refractivity contribution >= 4 is 34.7 Å². The van der Waals surface area contributed by atoms with Crippen molar-refractivity contribution in [1.82, 2.24) is 14.4 Å². The van der Waals surface area contributed by atoms with E-state index in [0.717, 1.165) is 28.3 Å². The molecule has 0 bridgehead atoms. The van der Waals surface area contributed by atoms with Crippen molar-refractivity contribution in [1.29, 1.82) is 0 Å². The van der Waals surface area contributed by atoms with Gasteiger partial charge in [-0.15, -0.1) is 0 Å². The molecular formula is C21H17ClN4O2. The zero-order valence-corrected chi connectivity index (χ0v) is 16.1. The smallest absolute Gasteiger partial charge is 0.337 e. The van der Waals surface area contributed by atoms with Crippen LogP contribution in [0.5, 0.6) is 0 Å². The minimum atomic E-state index is -0.376. The van der Waals surface area contributed by atoms with Crippen LogP contribution in [0.2, 0.25) is 5.02 Å². The van der Waals surface area contributed by atoms with E-state index in [1.165, 1.54) is 7.11 Å². The third kappa shape index (κ3) is 3.18. The lowest BCUT2D eigenvalue weighted by Gasteiger charge is -2.12. The number of hydrogen-bond acceptors (Lipinski definition) is 5. The van der Waals surface area contributed by atoms with Gasteiger partial charge in [-0.1, -0.05) is 29.8 Å². The molecule has 28 heavy (non-hydrogen) atoms. The molecule has 0 amide bonds. The molecular weight excluding hydrogens is 376 g/mol. The first-order valence-corrected chi connectivity index (χ1v) is 8.99. The number of methoxy groups -OCH3 is 1. The number of benzene rings is 2. The van der Waals surface area contributed by atoms with Crippen molar-refractivity contribution in [3.63, 3.8) is 0 Å². The lowest BCUT2D eigenvalue weighted by atomic mass is 10.1. The van der Waals surface area contributed by atoms with Crippen molar-refractivity contribution in [2.45, 2.75) is 6.92 Å². The molecule has 0 radical (unpaired) electrons. The molecule has 0 aliphatic rings. The predicted octanol–water partition coefficient (Wildman–Crippen LogP) is 4.89. The Bertz CT molecular complexity index is 1170. The molecule has 0 atom stereocenters. The Labute approximate surface area is 166 Å². The van der Waals surface area contributed by atoms with Crippen LogP contribution >= 0.6 is 11.6 Å². The van der Waals surface area contributed by atoms with Gasteiger partial charge in [0.25, 0.3) is 0 Å². The fraction of sp³-hybridized carbons (Fsp3) is 0.0952. The summed E-state index contributed by atoms with van der Waals surface area (Å²) in [6, 6.07) is 12.8. The van der Waals surface area contributed by atoms with Gasteiger partial charge in [0, 0.05) is 28.7 Å². The SMILES string of the molecule is COC(=O)c1ccc(-c2nc3cnccn3c2Nc2cccc(Cl)c2C)cc1. The van der Waals surface area contributed by atoms with Crippen LogP contribution in [0.25, 0.3) is 16.9 Å². The number of anilines is 2. The standard InChI is InChI=1S/C21H17ClN4O2/c1-13-16(22)4-3-5-17(13)24-20-19(25-18-12-23-10-11-26(18)20)14-6-8-15(9-7-14)21(27)28-2/h3-12,24H,1-2H3. The van der Waals surface area contributed by atoms with Gasteiger partial charge in [0.15, 0.2) is 5.65 Å². The van der Waals surface area contributed by atoms with Crippen LogP contribution in [0.1, 0.15) is 15.9 Å². The Morgan fingerprint density at radius 2 is 1.96 bits per heavy atom. The Morgan fingerprint density at radius 3 is 2.71 bits per heavy atom. The van der Waals surface area contributed by atoms with Gasteiger partial charge in [0.2, 0.25) is 0 Å². The number of hydrogen-bond donors (Lipinski definition) is 1. The lowest BCUT2D eigenvalue weighted by Crippen LogP contribution is -2.01. The van der Waals surface area contributed by atoms with Crippen molar-refractivity contribution < 1.29 is 9.53 Å². The highest BCUT2D eigenvalue weighted by atomic mass is 35.5. The molecule has 2 heterocycles. The maximum Gasteiger partial charge on any atom is 0.337 e. The minimum absolute atomic E-state index is 0.376. The lowest BCUT2D eigenvalue weighted by molar-refractivity contribution is 0.0601. The highest BCUT2D eigenvalue weighted by molar-refractivity contribution is 6.31. The molecule has 7 heteroatoms. The monoisotopic (exact) mass is 392 g/mol. The van der Waals surface area contributed by atoms with Gasteiger partial charge in [-0.2, -0.15) is 0 Å². The highest BCUT2D eigenvalue weighted by Gasteiger charge is 2.16. The van der Waals surface area contributed by atoms with E-state index in [2.05, 4.69) is 10.3 Å². The van der Waals surface area contributed by atoms with Crippen LogP contribution in [-0.2, 0) is 4.74 Å². The van der Waals surface area contributed by atoms with Gasteiger partial charge in [-0.3, -0.25) is 9.38 Å². The normalized spacial score (nSPS) is 10.8. The predicted molar refractivity (Wildman–Crippen MR) is 109 cm³/mol. The molecule has 4 aromatic rings. The summed E-state index contributed by atoms with van der Waals surface area (Å²) in [5.74, 6) is 0.409. The van der Waals surface area contributed by atoms with Crippen molar-refractivity contribution in [3.05, 3.63) is 77.2 Å². The number of rotatable bonds is 4. The van der Waals surface area contributed by atoms with E-state index in [9.17, 15) is 4.79 Å². The molecule has 2 aromatic carbocycles. The summed E-state index contributed by atoms with van der Waals surface area (Å²) in [6.45, 7) is 1.96. The van der Waals surface area contributed by atoms with E-state index in [-0.39, 0.29) is 5.97 Å².